The second-order valence-electron chi connectivity index (χ2n) is 4.32. The van der Waals surface area contributed by atoms with Crippen LogP contribution >= 0.6 is 11.6 Å². The molecule has 0 amide bonds. The molecule has 96 valence electrons. The lowest BCUT2D eigenvalue weighted by Crippen LogP contribution is -2.03. The summed E-state index contributed by atoms with van der Waals surface area (Å²) >= 11 is 6.10. The molecule has 0 aliphatic carbocycles. The van der Waals surface area contributed by atoms with Gasteiger partial charge in [0.1, 0.15) is 5.69 Å². The van der Waals surface area contributed by atoms with Crippen LogP contribution in [0.4, 0.5) is 0 Å². The van der Waals surface area contributed by atoms with Crippen LogP contribution in [0.1, 0.15) is 13.3 Å². The lowest BCUT2D eigenvalue weighted by molar-refractivity contribution is 0.608. The fourth-order valence-corrected chi connectivity index (χ4v) is 2.39. The van der Waals surface area contributed by atoms with Crippen LogP contribution in [-0.2, 0) is 6.54 Å². The third-order valence-electron chi connectivity index (χ3n) is 3.04. The highest BCUT2D eigenvalue weighted by Gasteiger charge is 2.12. The Morgan fingerprint density at radius 1 is 1.11 bits per heavy atom. The topological polar surface area (TPSA) is 43.6 Å². The molecule has 0 saturated carbocycles. The molecule has 2 heterocycles. The van der Waals surface area contributed by atoms with Gasteiger partial charge in [0.05, 0.1) is 5.69 Å². The minimum atomic E-state index is 0.431. The summed E-state index contributed by atoms with van der Waals surface area (Å²) in [6.07, 6.45) is 2.81. The van der Waals surface area contributed by atoms with Crippen molar-refractivity contribution in [2.24, 2.45) is 0 Å². The Morgan fingerprint density at radius 3 is 2.68 bits per heavy atom. The van der Waals surface area contributed by atoms with Crippen molar-refractivity contribution >= 4 is 22.4 Å². The number of rotatable bonds is 3. The number of hydrogen-bond acceptors (Lipinski definition) is 3. The molecule has 0 spiro atoms. The fraction of sp³-hybridized carbons (Fsp3) is 0.214. The molecular formula is C14H13ClN4. The molecule has 19 heavy (non-hydrogen) atoms. The lowest BCUT2D eigenvalue weighted by Gasteiger charge is -2.08. The van der Waals surface area contributed by atoms with Gasteiger partial charge in [0, 0.05) is 23.5 Å². The van der Waals surface area contributed by atoms with Crippen molar-refractivity contribution in [1.82, 2.24) is 20.0 Å². The van der Waals surface area contributed by atoms with Gasteiger partial charge in [-0.1, -0.05) is 42.8 Å². The smallest absolute Gasteiger partial charge is 0.159 e. The zero-order valence-corrected chi connectivity index (χ0v) is 11.3. The molecule has 0 aliphatic heterocycles. The third-order valence-corrected chi connectivity index (χ3v) is 3.32. The average Bonchev–Trinajstić information content (AvgIpc) is 2.88. The predicted octanol–water partition coefficient (Wildman–Crippen LogP) is 3.56. The van der Waals surface area contributed by atoms with Gasteiger partial charge in [-0.15, -0.1) is 10.2 Å². The lowest BCUT2D eigenvalue weighted by atomic mass is 10.1. The van der Waals surface area contributed by atoms with Gasteiger partial charge in [-0.05, 0) is 12.5 Å². The Labute approximate surface area is 116 Å². The van der Waals surface area contributed by atoms with E-state index in [-0.39, 0.29) is 0 Å². The van der Waals surface area contributed by atoms with Gasteiger partial charge in [-0.25, -0.2) is 0 Å². The van der Waals surface area contributed by atoms with Crippen molar-refractivity contribution in [3.63, 3.8) is 0 Å². The van der Waals surface area contributed by atoms with E-state index in [2.05, 4.69) is 22.2 Å². The summed E-state index contributed by atoms with van der Waals surface area (Å²) in [5, 5.41) is 15.0. The first-order chi connectivity index (χ1) is 9.31. The quantitative estimate of drug-likeness (QED) is 0.732. The zero-order chi connectivity index (χ0) is 13.2. The number of nitrogens with zero attached hydrogens (tertiary/aromatic N) is 4. The fourth-order valence-electron chi connectivity index (χ4n) is 2.18. The number of fused-ring (bicyclic) bond motifs is 1. The molecule has 0 bridgehead atoms. The number of halogens is 1. The van der Waals surface area contributed by atoms with E-state index >= 15 is 0 Å². The Hall–Kier alpha value is -1.94. The molecule has 0 aliphatic rings. The minimum absolute atomic E-state index is 0.431. The van der Waals surface area contributed by atoms with Crippen molar-refractivity contribution < 1.29 is 0 Å². The van der Waals surface area contributed by atoms with Crippen LogP contribution in [-0.4, -0.2) is 20.0 Å². The second-order valence-corrected chi connectivity index (χ2v) is 4.68. The van der Waals surface area contributed by atoms with Crippen molar-refractivity contribution in [3.05, 3.63) is 41.7 Å². The Kier molecular flexibility index (Phi) is 3.17. The van der Waals surface area contributed by atoms with Crippen LogP contribution in [0.2, 0.25) is 5.15 Å². The highest BCUT2D eigenvalue weighted by atomic mass is 35.5. The molecule has 4 nitrogen and oxygen atoms in total. The minimum Gasteiger partial charge on any atom is -0.263 e. The normalized spacial score (nSPS) is 11.1. The molecule has 0 unspecified atom stereocenters. The van der Waals surface area contributed by atoms with E-state index in [0.717, 1.165) is 35.1 Å². The van der Waals surface area contributed by atoms with Crippen molar-refractivity contribution in [2.75, 3.05) is 0 Å². The van der Waals surface area contributed by atoms with E-state index in [4.69, 9.17) is 11.6 Å². The number of aromatic nitrogens is 4. The molecular weight excluding hydrogens is 260 g/mol. The van der Waals surface area contributed by atoms with Crippen LogP contribution < -0.4 is 0 Å². The molecule has 0 atom stereocenters. The summed E-state index contributed by atoms with van der Waals surface area (Å²) in [6, 6.07) is 9.85. The van der Waals surface area contributed by atoms with Crippen LogP contribution in [0, 0.1) is 0 Å². The van der Waals surface area contributed by atoms with Gasteiger partial charge in [-0.2, -0.15) is 5.10 Å². The summed E-state index contributed by atoms with van der Waals surface area (Å²) in [5.74, 6) is 0. The Morgan fingerprint density at radius 2 is 1.89 bits per heavy atom. The van der Waals surface area contributed by atoms with Gasteiger partial charge in [0.25, 0.3) is 0 Å². The summed E-state index contributed by atoms with van der Waals surface area (Å²) in [6.45, 7) is 2.98. The second kappa shape index (κ2) is 4.97. The molecule has 0 fully saturated rings. The molecule has 1 aromatic carbocycles. The first-order valence-corrected chi connectivity index (χ1v) is 6.62. The van der Waals surface area contributed by atoms with Crippen LogP contribution in [0.3, 0.4) is 0 Å². The standard InChI is InChI=1S/C14H13ClN4/c1-2-9-19-12(7-8-16-19)13-10-5-3-4-6-11(10)14(15)18-17-13/h3-8H,2,9H2,1H3. The van der Waals surface area contributed by atoms with E-state index < -0.39 is 0 Å². The molecule has 0 saturated heterocycles. The molecule has 5 heteroatoms. The molecule has 3 rings (SSSR count). The molecule has 2 aromatic heterocycles. The largest absolute Gasteiger partial charge is 0.263 e. The van der Waals surface area contributed by atoms with E-state index in [9.17, 15) is 0 Å². The number of aryl methyl sites for hydroxylation is 1. The van der Waals surface area contributed by atoms with E-state index in [1.54, 1.807) is 6.20 Å². The van der Waals surface area contributed by atoms with Gasteiger partial charge in [0.2, 0.25) is 0 Å². The van der Waals surface area contributed by atoms with E-state index in [0.29, 0.717) is 5.15 Å². The summed E-state index contributed by atoms with van der Waals surface area (Å²) in [7, 11) is 0. The Bertz CT molecular complexity index is 720. The summed E-state index contributed by atoms with van der Waals surface area (Å²) in [4.78, 5) is 0. The van der Waals surface area contributed by atoms with Crippen LogP contribution in [0.15, 0.2) is 36.5 Å². The third kappa shape index (κ3) is 2.08. The molecule has 0 radical (unpaired) electrons. The van der Waals surface area contributed by atoms with Gasteiger partial charge >= 0.3 is 0 Å². The number of benzene rings is 1. The zero-order valence-electron chi connectivity index (χ0n) is 10.5. The average molecular weight is 273 g/mol. The predicted molar refractivity (Wildman–Crippen MR) is 76.1 cm³/mol. The van der Waals surface area contributed by atoms with Crippen molar-refractivity contribution in [1.29, 1.82) is 0 Å². The maximum Gasteiger partial charge on any atom is 0.159 e. The first-order valence-electron chi connectivity index (χ1n) is 6.24. The van der Waals surface area contributed by atoms with Gasteiger partial charge in [-0.3, -0.25) is 4.68 Å². The SMILES string of the molecule is CCCn1nccc1-c1nnc(Cl)c2ccccc12. The summed E-state index contributed by atoms with van der Waals surface area (Å²) in [5.41, 5.74) is 1.80. The summed E-state index contributed by atoms with van der Waals surface area (Å²) < 4.78 is 1.95. The van der Waals surface area contributed by atoms with Crippen LogP contribution in [0.25, 0.3) is 22.2 Å². The van der Waals surface area contributed by atoms with Gasteiger partial charge < -0.3 is 0 Å². The van der Waals surface area contributed by atoms with Crippen molar-refractivity contribution in [2.45, 2.75) is 19.9 Å². The number of hydrogen-bond donors (Lipinski definition) is 0. The highest BCUT2D eigenvalue weighted by Crippen LogP contribution is 2.29. The van der Waals surface area contributed by atoms with E-state index in [1.807, 2.05) is 35.0 Å². The van der Waals surface area contributed by atoms with Crippen LogP contribution in [0.5, 0.6) is 0 Å². The van der Waals surface area contributed by atoms with E-state index in [1.165, 1.54) is 0 Å². The first kappa shape index (κ1) is 12.1. The maximum absolute atomic E-state index is 6.10. The maximum atomic E-state index is 6.10. The Balaban J connectivity index is 2.25. The van der Waals surface area contributed by atoms with Crippen molar-refractivity contribution in [3.8, 4) is 11.4 Å². The highest BCUT2D eigenvalue weighted by molar-refractivity contribution is 6.34. The molecule has 0 N–H and O–H groups in total. The monoisotopic (exact) mass is 272 g/mol. The van der Waals surface area contributed by atoms with Gasteiger partial charge in [0.15, 0.2) is 5.15 Å². The molecule has 3 aromatic rings.